The van der Waals surface area contributed by atoms with Crippen molar-refractivity contribution in [3.05, 3.63) is 34.7 Å². The summed E-state index contributed by atoms with van der Waals surface area (Å²) in [7, 11) is 0. The lowest BCUT2D eigenvalue weighted by Crippen LogP contribution is -2.12. The smallest absolute Gasteiger partial charge is 0.229 e. The van der Waals surface area contributed by atoms with E-state index < -0.39 is 0 Å². The van der Waals surface area contributed by atoms with Crippen molar-refractivity contribution in [2.45, 2.75) is 39.5 Å². The molecule has 1 aliphatic rings. The van der Waals surface area contributed by atoms with Crippen LogP contribution in [0.3, 0.4) is 0 Å². The Kier molecular flexibility index (Phi) is 4.06. The second kappa shape index (κ2) is 5.98. The number of benzene rings is 1. The maximum Gasteiger partial charge on any atom is 0.229 e. The molecule has 0 atom stereocenters. The Balaban J connectivity index is 1.78. The van der Waals surface area contributed by atoms with E-state index in [0.717, 1.165) is 46.9 Å². The minimum absolute atomic E-state index is 0.119. The lowest BCUT2D eigenvalue weighted by atomic mass is 10.1. The summed E-state index contributed by atoms with van der Waals surface area (Å²) in [6.07, 6.45) is 4.30. The van der Waals surface area contributed by atoms with Crippen molar-refractivity contribution in [3.63, 3.8) is 0 Å². The summed E-state index contributed by atoms with van der Waals surface area (Å²) in [5.41, 5.74) is 3.46. The summed E-state index contributed by atoms with van der Waals surface area (Å²) < 4.78 is 0. The average Bonchev–Trinajstić information content (AvgIpc) is 3.25. The van der Waals surface area contributed by atoms with Gasteiger partial charge in [0.15, 0.2) is 5.13 Å². The summed E-state index contributed by atoms with van der Waals surface area (Å²) in [5.74, 6) is 0.333. The van der Waals surface area contributed by atoms with Gasteiger partial charge in [-0.05, 0) is 31.7 Å². The van der Waals surface area contributed by atoms with Gasteiger partial charge in [-0.3, -0.25) is 4.79 Å². The van der Waals surface area contributed by atoms with Crippen LogP contribution in [-0.2, 0) is 11.2 Å². The third-order valence-electron chi connectivity index (χ3n) is 3.74. The molecule has 0 unspecified atom stereocenters. The first kappa shape index (κ1) is 14.3. The van der Waals surface area contributed by atoms with E-state index in [2.05, 4.69) is 48.4 Å². The van der Waals surface area contributed by atoms with E-state index in [1.54, 1.807) is 11.3 Å². The normalized spacial score (nSPS) is 14.2. The van der Waals surface area contributed by atoms with Crippen molar-refractivity contribution in [3.8, 4) is 11.3 Å². The molecule has 0 radical (unpaired) electrons. The zero-order chi connectivity index (χ0) is 14.8. The summed E-state index contributed by atoms with van der Waals surface area (Å²) >= 11 is 1.55. The molecule has 1 saturated carbocycles. The Morgan fingerprint density at radius 1 is 1.33 bits per heavy atom. The van der Waals surface area contributed by atoms with Gasteiger partial charge in [-0.15, -0.1) is 11.3 Å². The molecule has 2 aromatic rings. The number of amides is 1. The molecule has 0 spiro atoms. The largest absolute Gasteiger partial charge is 0.302 e. The SMILES string of the molecule is CCCc1ccc(-c2nc(NC(=O)C3CC3)sc2C)cc1. The highest BCUT2D eigenvalue weighted by molar-refractivity contribution is 7.16. The maximum absolute atomic E-state index is 11.8. The van der Waals surface area contributed by atoms with Crippen molar-refractivity contribution in [1.82, 2.24) is 4.98 Å². The summed E-state index contributed by atoms with van der Waals surface area (Å²) in [6.45, 7) is 4.24. The van der Waals surface area contributed by atoms with Crippen LogP contribution in [0.25, 0.3) is 11.3 Å². The molecule has 0 saturated heterocycles. The Morgan fingerprint density at radius 2 is 2.05 bits per heavy atom. The van der Waals surface area contributed by atoms with Gasteiger partial charge < -0.3 is 5.32 Å². The molecule has 21 heavy (non-hydrogen) atoms. The molecule has 110 valence electrons. The van der Waals surface area contributed by atoms with Crippen LogP contribution in [0, 0.1) is 12.8 Å². The average molecular weight is 300 g/mol. The standard InChI is InChI=1S/C17H20N2OS/c1-3-4-12-5-7-13(8-6-12)15-11(2)21-17(18-15)19-16(20)14-9-10-14/h5-8,14H,3-4,9-10H2,1-2H3,(H,18,19,20). The van der Waals surface area contributed by atoms with Crippen LogP contribution < -0.4 is 5.32 Å². The van der Waals surface area contributed by atoms with E-state index >= 15 is 0 Å². The number of hydrogen-bond donors (Lipinski definition) is 1. The maximum atomic E-state index is 11.8. The van der Waals surface area contributed by atoms with Crippen molar-refractivity contribution in [1.29, 1.82) is 0 Å². The Labute approximate surface area is 129 Å². The van der Waals surface area contributed by atoms with Crippen LogP contribution in [-0.4, -0.2) is 10.9 Å². The molecule has 1 aromatic heterocycles. The zero-order valence-electron chi connectivity index (χ0n) is 12.5. The molecule has 1 heterocycles. The predicted molar refractivity (Wildman–Crippen MR) is 87.6 cm³/mol. The van der Waals surface area contributed by atoms with E-state index in [0.29, 0.717) is 0 Å². The number of carbonyl (C=O) groups is 1. The zero-order valence-corrected chi connectivity index (χ0v) is 13.3. The van der Waals surface area contributed by atoms with Crippen molar-refractivity contribution in [2.75, 3.05) is 5.32 Å². The van der Waals surface area contributed by atoms with Gasteiger partial charge in [0.1, 0.15) is 0 Å². The minimum Gasteiger partial charge on any atom is -0.302 e. The summed E-state index contributed by atoms with van der Waals surface area (Å²) in [5, 5.41) is 3.65. The number of nitrogens with zero attached hydrogens (tertiary/aromatic N) is 1. The first-order chi connectivity index (χ1) is 10.2. The van der Waals surface area contributed by atoms with E-state index in [-0.39, 0.29) is 11.8 Å². The fraction of sp³-hybridized carbons (Fsp3) is 0.412. The van der Waals surface area contributed by atoms with E-state index in [1.807, 2.05) is 0 Å². The van der Waals surface area contributed by atoms with Crippen LogP contribution in [0.1, 0.15) is 36.6 Å². The number of aromatic nitrogens is 1. The molecule has 1 N–H and O–H groups in total. The van der Waals surface area contributed by atoms with Crippen LogP contribution in [0.15, 0.2) is 24.3 Å². The van der Waals surface area contributed by atoms with Gasteiger partial charge in [0.2, 0.25) is 5.91 Å². The fourth-order valence-corrected chi connectivity index (χ4v) is 3.23. The second-order valence-corrected chi connectivity index (χ2v) is 6.84. The van der Waals surface area contributed by atoms with Crippen molar-refractivity contribution >= 4 is 22.4 Å². The van der Waals surface area contributed by atoms with Crippen molar-refractivity contribution in [2.24, 2.45) is 5.92 Å². The second-order valence-electron chi connectivity index (χ2n) is 5.63. The van der Waals surface area contributed by atoms with Gasteiger partial charge in [0.25, 0.3) is 0 Å². The monoisotopic (exact) mass is 300 g/mol. The third kappa shape index (κ3) is 3.32. The first-order valence-electron chi connectivity index (χ1n) is 7.55. The van der Waals surface area contributed by atoms with E-state index in [4.69, 9.17) is 0 Å². The van der Waals surface area contributed by atoms with Gasteiger partial charge in [0, 0.05) is 16.4 Å². The number of carbonyl (C=O) groups excluding carboxylic acids is 1. The number of rotatable bonds is 5. The van der Waals surface area contributed by atoms with Gasteiger partial charge in [-0.25, -0.2) is 4.98 Å². The lowest BCUT2D eigenvalue weighted by molar-refractivity contribution is -0.117. The molecule has 1 aromatic carbocycles. The van der Waals surface area contributed by atoms with Gasteiger partial charge in [-0.2, -0.15) is 0 Å². The molecular formula is C17H20N2OS. The van der Waals surface area contributed by atoms with Crippen LogP contribution in [0.5, 0.6) is 0 Å². The Bertz CT molecular complexity index is 641. The molecule has 1 amide bonds. The minimum atomic E-state index is 0.119. The van der Waals surface area contributed by atoms with Gasteiger partial charge >= 0.3 is 0 Å². The number of hydrogen-bond acceptors (Lipinski definition) is 3. The number of aryl methyl sites for hydroxylation is 2. The van der Waals surface area contributed by atoms with Crippen molar-refractivity contribution < 1.29 is 4.79 Å². The molecule has 1 fully saturated rings. The molecule has 3 nitrogen and oxygen atoms in total. The van der Waals surface area contributed by atoms with Gasteiger partial charge in [0.05, 0.1) is 5.69 Å². The summed E-state index contributed by atoms with van der Waals surface area (Å²) in [4.78, 5) is 17.5. The molecule has 4 heteroatoms. The van der Waals surface area contributed by atoms with Crippen LogP contribution >= 0.6 is 11.3 Å². The first-order valence-corrected chi connectivity index (χ1v) is 8.36. The third-order valence-corrected chi connectivity index (χ3v) is 4.63. The molecule has 0 aliphatic heterocycles. The Hall–Kier alpha value is -1.68. The Morgan fingerprint density at radius 3 is 2.67 bits per heavy atom. The predicted octanol–water partition coefficient (Wildman–Crippen LogP) is 4.42. The number of nitrogens with one attached hydrogen (secondary N) is 1. The molecular weight excluding hydrogens is 280 g/mol. The highest BCUT2D eigenvalue weighted by atomic mass is 32.1. The van der Waals surface area contributed by atoms with E-state index in [1.165, 1.54) is 5.56 Å². The van der Waals surface area contributed by atoms with Crippen LogP contribution in [0.4, 0.5) is 5.13 Å². The molecule has 1 aliphatic carbocycles. The van der Waals surface area contributed by atoms with E-state index in [9.17, 15) is 4.79 Å². The highest BCUT2D eigenvalue weighted by Crippen LogP contribution is 2.33. The topological polar surface area (TPSA) is 42.0 Å². The number of thiazole rings is 1. The van der Waals surface area contributed by atoms with Gasteiger partial charge in [-0.1, -0.05) is 37.6 Å². The lowest BCUT2D eigenvalue weighted by Gasteiger charge is -2.02. The molecule has 3 rings (SSSR count). The number of anilines is 1. The molecule has 0 bridgehead atoms. The quantitative estimate of drug-likeness (QED) is 0.888. The fourth-order valence-electron chi connectivity index (χ4n) is 2.39. The highest BCUT2D eigenvalue weighted by Gasteiger charge is 2.30. The van der Waals surface area contributed by atoms with Crippen LogP contribution in [0.2, 0.25) is 0 Å². The summed E-state index contributed by atoms with van der Waals surface area (Å²) in [6, 6.07) is 8.58.